The zero-order chi connectivity index (χ0) is 16.1. The molecular formula is C19H34BBrO2. The van der Waals surface area contributed by atoms with Gasteiger partial charge in [0.25, 0.3) is 0 Å². The van der Waals surface area contributed by atoms with Gasteiger partial charge in [0.15, 0.2) is 0 Å². The van der Waals surface area contributed by atoms with Gasteiger partial charge >= 0.3 is 7.12 Å². The molecule has 3 aliphatic rings. The van der Waals surface area contributed by atoms with Crippen LogP contribution >= 0.6 is 15.9 Å². The van der Waals surface area contributed by atoms with E-state index in [1.165, 1.54) is 77.0 Å². The van der Waals surface area contributed by atoms with Crippen molar-refractivity contribution in [2.45, 2.75) is 107 Å². The lowest BCUT2D eigenvalue weighted by molar-refractivity contribution is 0.0324. The molecule has 23 heavy (non-hydrogen) atoms. The van der Waals surface area contributed by atoms with Crippen LogP contribution in [0.15, 0.2) is 0 Å². The lowest BCUT2D eigenvalue weighted by atomic mass is 9.77. The van der Waals surface area contributed by atoms with Crippen molar-refractivity contribution in [2.75, 3.05) is 0 Å². The first-order valence-corrected chi connectivity index (χ1v) is 11.2. The summed E-state index contributed by atoms with van der Waals surface area (Å²) in [6.45, 7) is 2.26. The molecule has 0 aromatic rings. The van der Waals surface area contributed by atoms with Crippen LogP contribution in [0.4, 0.5) is 0 Å². The Bertz CT molecular complexity index is 316. The van der Waals surface area contributed by atoms with E-state index >= 15 is 0 Å². The van der Waals surface area contributed by atoms with E-state index in [0.29, 0.717) is 16.9 Å². The minimum atomic E-state index is -0.0135. The second-order valence-electron chi connectivity index (χ2n) is 8.02. The second-order valence-corrected chi connectivity index (χ2v) is 9.20. The van der Waals surface area contributed by atoms with Gasteiger partial charge in [-0.2, -0.15) is 0 Å². The highest BCUT2D eigenvalue weighted by atomic mass is 79.9. The summed E-state index contributed by atoms with van der Waals surface area (Å²) in [5, 5.41) is 0. The van der Waals surface area contributed by atoms with E-state index in [0.717, 1.165) is 18.3 Å². The first-order valence-electron chi connectivity index (χ1n) is 10.2. The van der Waals surface area contributed by atoms with Crippen LogP contribution in [0, 0.1) is 11.8 Å². The van der Waals surface area contributed by atoms with E-state index in [-0.39, 0.29) is 7.12 Å². The highest BCUT2D eigenvalue weighted by molar-refractivity contribution is 9.10. The Labute approximate surface area is 151 Å². The molecule has 0 bridgehead atoms. The summed E-state index contributed by atoms with van der Waals surface area (Å²) in [5.41, 5.74) is 0. The number of alkyl halides is 1. The van der Waals surface area contributed by atoms with E-state index in [1.54, 1.807) is 0 Å². The van der Waals surface area contributed by atoms with Crippen LogP contribution in [0.3, 0.4) is 0 Å². The summed E-state index contributed by atoms with van der Waals surface area (Å²) in [4.78, 5) is 0. The number of halogens is 1. The fourth-order valence-corrected chi connectivity index (χ4v) is 5.46. The van der Waals surface area contributed by atoms with Gasteiger partial charge in [0.2, 0.25) is 0 Å². The highest BCUT2D eigenvalue weighted by Crippen LogP contribution is 2.41. The van der Waals surface area contributed by atoms with Crippen molar-refractivity contribution >= 4 is 23.0 Å². The Morgan fingerprint density at radius 2 is 1.35 bits per heavy atom. The van der Waals surface area contributed by atoms with Crippen molar-refractivity contribution in [3.8, 4) is 0 Å². The maximum absolute atomic E-state index is 6.56. The molecule has 0 aromatic heterocycles. The van der Waals surface area contributed by atoms with Gasteiger partial charge in [0.1, 0.15) is 0 Å². The number of rotatable bonds is 6. The van der Waals surface area contributed by atoms with Crippen molar-refractivity contribution in [2.24, 2.45) is 11.8 Å². The SMILES string of the molecule is CCCC[C@@H](Br)B1O[C@H](C2CCCCC2)[C@@H](C2CCCCC2)O1. The summed E-state index contributed by atoms with van der Waals surface area (Å²) >= 11 is 3.86. The van der Waals surface area contributed by atoms with Crippen LogP contribution in [0.5, 0.6) is 0 Å². The Morgan fingerprint density at radius 3 is 1.78 bits per heavy atom. The van der Waals surface area contributed by atoms with E-state index in [4.69, 9.17) is 9.31 Å². The molecule has 0 unspecified atom stereocenters. The van der Waals surface area contributed by atoms with Crippen LogP contribution in [0.25, 0.3) is 0 Å². The quantitative estimate of drug-likeness (QED) is 0.418. The third-order valence-corrected chi connectivity index (χ3v) is 7.15. The van der Waals surface area contributed by atoms with Crippen LogP contribution < -0.4 is 0 Å². The van der Waals surface area contributed by atoms with Crippen molar-refractivity contribution in [1.82, 2.24) is 0 Å². The minimum absolute atomic E-state index is 0.0135. The molecular weight excluding hydrogens is 351 g/mol. The Morgan fingerprint density at radius 1 is 0.870 bits per heavy atom. The van der Waals surface area contributed by atoms with Gasteiger partial charge in [-0.25, -0.2) is 0 Å². The fourth-order valence-electron chi connectivity index (χ4n) is 4.89. The molecule has 2 aliphatic carbocycles. The molecule has 4 heteroatoms. The summed E-state index contributed by atoms with van der Waals surface area (Å²) in [7, 11) is -0.0135. The highest BCUT2D eigenvalue weighted by Gasteiger charge is 2.48. The third-order valence-electron chi connectivity index (χ3n) is 6.26. The summed E-state index contributed by atoms with van der Waals surface area (Å²) in [6, 6.07) is 0. The molecule has 1 heterocycles. The maximum Gasteiger partial charge on any atom is 0.472 e. The van der Waals surface area contributed by atoms with Gasteiger partial charge < -0.3 is 9.31 Å². The fraction of sp³-hybridized carbons (Fsp3) is 1.00. The molecule has 0 radical (unpaired) electrons. The number of hydrogen-bond acceptors (Lipinski definition) is 2. The Hall–Kier alpha value is 0.465. The monoisotopic (exact) mass is 384 g/mol. The molecule has 3 fully saturated rings. The normalized spacial score (nSPS) is 32.3. The predicted molar refractivity (Wildman–Crippen MR) is 101 cm³/mol. The average Bonchev–Trinajstić information content (AvgIpc) is 3.06. The summed E-state index contributed by atoms with van der Waals surface area (Å²) < 4.78 is 13.5. The van der Waals surface area contributed by atoms with E-state index in [9.17, 15) is 0 Å². The van der Waals surface area contributed by atoms with Gasteiger partial charge in [-0.05, 0) is 43.9 Å². The van der Waals surface area contributed by atoms with Gasteiger partial charge in [-0.3, -0.25) is 0 Å². The summed E-state index contributed by atoms with van der Waals surface area (Å²) in [6.07, 6.45) is 18.2. The molecule has 132 valence electrons. The molecule has 0 amide bonds. The van der Waals surface area contributed by atoms with E-state index in [1.807, 2.05) is 0 Å². The topological polar surface area (TPSA) is 18.5 Å². The first kappa shape index (κ1) is 18.3. The van der Waals surface area contributed by atoms with Crippen molar-refractivity contribution < 1.29 is 9.31 Å². The summed E-state index contributed by atoms with van der Waals surface area (Å²) in [5.74, 6) is 1.48. The first-order chi connectivity index (χ1) is 11.3. The van der Waals surface area contributed by atoms with Crippen LogP contribution in [0.2, 0.25) is 0 Å². The zero-order valence-electron chi connectivity index (χ0n) is 14.9. The maximum atomic E-state index is 6.56. The lowest BCUT2D eigenvalue weighted by Crippen LogP contribution is -2.38. The standard InChI is InChI=1S/C19H34BBrO2/c1-2-3-14-17(21)20-22-18(15-10-6-4-7-11-15)19(23-20)16-12-8-5-9-13-16/h15-19H,2-14H2,1H3/t17-,18-,19-/m1/s1. The Balaban J connectivity index is 1.65. The molecule has 2 saturated carbocycles. The largest absolute Gasteiger partial charge is 0.472 e. The van der Waals surface area contributed by atoms with Gasteiger partial charge in [0, 0.05) is 4.73 Å². The van der Waals surface area contributed by atoms with Gasteiger partial charge in [0.05, 0.1) is 12.2 Å². The van der Waals surface area contributed by atoms with Crippen LogP contribution in [-0.4, -0.2) is 24.1 Å². The lowest BCUT2D eigenvalue weighted by Gasteiger charge is -2.35. The molecule has 3 atom stereocenters. The zero-order valence-corrected chi connectivity index (χ0v) is 16.4. The molecule has 3 rings (SSSR count). The average molecular weight is 385 g/mol. The molecule has 1 saturated heterocycles. The van der Waals surface area contributed by atoms with Gasteiger partial charge in [-0.15, -0.1) is 0 Å². The minimum Gasteiger partial charge on any atom is -0.405 e. The molecule has 0 spiro atoms. The molecule has 2 nitrogen and oxygen atoms in total. The van der Waals surface area contributed by atoms with Crippen molar-refractivity contribution in [3.63, 3.8) is 0 Å². The van der Waals surface area contributed by atoms with Crippen molar-refractivity contribution in [3.05, 3.63) is 0 Å². The van der Waals surface area contributed by atoms with Crippen LogP contribution in [-0.2, 0) is 9.31 Å². The molecule has 1 aliphatic heterocycles. The smallest absolute Gasteiger partial charge is 0.405 e. The van der Waals surface area contributed by atoms with Gasteiger partial charge in [-0.1, -0.05) is 74.2 Å². The Kier molecular flexibility index (Phi) is 7.34. The predicted octanol–water partition coefficient (Wildman–Crippen LogP) is 5.91. The third kappa shape index (κ3) is 4.76. The number of unbranched alkanes of at least 4 members (excludes halogenated alkanes) is 1. The molecule has 0 aromatic carbocycles. The van der Waals surface area contributed by atoms with E-state index in [2.05, 4.69) is 22.9 Å². The second kappa shape index (κ2) is 9.24. The van der Waals surface area contributed by atoms with Crippen LogP contribution in [0.1, 0.15) is 90.4 Å². The number of hydrogen-bond donors (Lipinski definition) is 0. The van der Waals surface area contributed by atoms with E-state index < -0.39 is 0 Å². The van der Waals surface area contributed by atoms with Crippen molar-refractivity contribution in [1.29, 1.82) is 0 Å². The molecule has 0 N–H and O–H groups in total.